The Hall–Kier alpha value is -1.89. The first-order valence-corrected chi connectivity index (χ1v) is 7.67. The lowest BCUT2D eigenvalue weighted by Gasteiger charge is -2.65. The molecule has 22 heavy (non-hydrogen) atoms. The predicted octanol–water partition coefficient (Wildman–Crippen LogP) is 1.06. The van der Waals surface area contributed by atoms with Crippen molar-refractivity contribution in [2.45, 2.75) is 45.3 Å². The molecule has 2 bridgehead atoms. The van der Waals surface area contributed by atoms with Crippen LogP contribution in [0.3, 0.4) is 0 Å². The minimum Gasteiger partial charge on any atom is -0.388 e. The van der Waals surface area contributed by atoms with Gasteiger partial charge in [0.1, 0.15) is 0 Å². The van der Waals surface area contributed by atoms with Crippen molar-refractivity contribution in [1.82, 2.24) is 19.5 Å². The number of rotatable bonds is 1. The molecule has 3 fully saturated rings. The molecule has 0 amide bonds. The molecule has 4 atom stereocenters. The average molecular weight is 303 g/mol. The Morgan fingerprint density at radius 3 is 2.77 bits per heavy atom. The molecule has 2 aromatic rings. The van der Waals surface area contributed by atoms with E-state index in [1.165, 1.54) is 0 Å². The van der Waals surface area contributed by atoms with Crippen molar-refractivity contribution in [3.05, 3.63) is 16.7 Å². The van der Waals surface area contributed by atoms with Crippen LogP contribution in [0.2, 0.25) is 0 Å². The molecule has 3 aliphatic carbocycles. The molecular weight excluding hydrogens is 282 g/mol. The lowest BCUT2D eigenvalue weighted by Crippen LogP contribution is -2.64. The number of nitrogens with zero attached hydrogens (tertiary/aromatic N) is 3. The highest BCUT2D eigenvalue weighted by Gasteiger charge is 2.63. The van der Waals surface area contributed by atoms with Crippen molar-refractivity contribution in [3.8, 4) is 0 Å². The third kappa shape index (κ3) is 1.52. The first-order valence-electron chi connectivity index (χ1n) is 7.67. The summed E-state index contributed by atoms with van der Waals surface area (Å²) in [6.07, 6.45) is 3.49. The SMILES string of the molecule is CC1(C)C2CC(n3cnc4nc(N)[nH]c(=O)c43)C(C)(O)C1C2. The van der Waals surface area contributed by atoms with Gasteiger partial charge in [-0.2, -0.15) is 4.98 Å². The maximum atomic E-state index is 12.2. The summed E-state index contributed by atoms with van der Waals surface area (Å²) in [6, 6.07) is -0.166. The molecule has 0 saturated heterocycles. The Kier molecular flexibility index (Phi) is 2.44. The third-order valence-electron chi connectivity index (χ3n) is 6.15. The minimum absolute atomic E-state index is 0.0575. The second-order valence-electron chi connectivity index (χ2n) is 7.56. The van der Waals surface area contributed by atoms with Crippen LogP contribution in [0.4, 0.5) is 5.95 Å². The number of fused-ring (bicyclic) bond motifs is 3. The number of imidazole rings is 1. The van der Waals surface area contributed by atoms with E-state index >= 15 is 0 Å². The van der Waals surface area contributed by atoms with Gasteiger partial charge in [-0.3, -0.25) is 9.78 Å². The molecule has 2 heterocycles. The zero-order valence-electron chi connectivity index (χ0n) is 13.0. The van der Waals surface area contributed by atoms with Crippen LogP contribution < -0.4 is 11.3 Å². The molecule has 5 rings (SSSR count). The molecule has 4 unspecified atom stereocenters. The number of nitrogen functional groups attached to an aromatic ring is 1. The first-order chi connectivity index (χ1) is 10.2. The Bertz CT molecular complexity index is 819. The molecule has 0 aliphatic heterocycles. The van der Waals surface area contributed by atoms with E-state index < -0.39 is 5.60 Å². The number of aromatic nitrogens is 4. The van der Waals surface area contributed by atoms with Gasteiger partial charge in [0.2, 0.25) is 5.95 Å². The fourth-order valence-corrected chi connectivity index (χ4v) is 4.75. The predicted molar refractivity (Wildman–Crippen MR) is 82.2 cm³/mol. The van der Waals surface area contributed by atoms with Crippen LogP contribution >= 0.6 is 0 Å². The van der Waals surface area contributed by atoms with Gasteiger partial charge in [-0.25, -0.2) is 4.98 Å². The summed E-state index contributed by atoms with van der Waals surface area (Å²) in [5.41, 5.74) is 5.24. The number of anilines is 1. The normalized spacial score (nSPS) is 36.3. The summed E-state index contributed by atoms with van der Waals surface area (Å²) < 4.78 is 1.79. The maximum Gasteiger partial charge on any atom is 0.278 e. The van der Waals surface area contributed by atoms with Crippen molar-refractivity contribution >= 4 is 17.1 Å². The lowest BCUT2D eigenvalue weighted by molar-refractivity contribution is -0.218. The fraction of sp³-hybridized carbons (Fsp3) is 0.667. The molecule has 7 heteroatoms. The number of H-pyrrole nitrogens is 1. The molecule has 118 valence electrons. The summed E-state index contributed by atoms with van der Waals surface area (Å²) in [5.74, 6) is 0.838. The monoisotopic (exact) mass is 303 g/mol. The van der Waals surface area contributed by atoms with E-state index in [4.69, 9.17) is 5.73 Å². The highest BCUT2D eigenvalue weighted by atomic mass is 16.3. The third-order valence-corrected chi connectivity index (χ3v) is 6.15. The molecule has 0 spiro atoms. The van der Waals surface area contributed by atoms with Crippen LogP contribution in [0, 0.1) is 17.3 Å². The number of aliphatic hydroxyl groups is 1. The van der Waals surface area contributed by atoms with Crippen molar-refractivity contribution in [2.75, 3.05) is 5.73 Å². The lowest BCUT2D eigenvalue weighted by atomic mass is 9.43. The van der Waals surface area contributed by atoms with Gasteiger partial charge in [0.05, 0.1) is 18.0 Å². The minimum atomic E-state index is -0.875. The molecule has 3 saturated carbocycles. The van der Waals surface area contributed by atoms with Crippen molar-refractivity contribution in [1.29, 1.82) is 0 Å². The highest BCUT2D eigenvalue weighted by molar-refractivity contribution is 5.70. The van der Waals surface area contributed by atoms with Crippen molar-refractivity contribution in [3.63, 3.8) is 0 Å². The zero-order valence-corrected chi connectivity index (χ0v) is 13.0. The summed E-state index contributed by atoms with van der Waals surface area (Å²) in [5, 5.41) is 11.1. The van der Waals surface area contributed by atoms with E-state index in [0.717, 1.165) is 12.8 Å². The Morgan fingerprint density at radius 1 is 1.41 bits per heavy atom. The number of nitrogens with one attached hydrogen (secondary N) is 1. The first kappa shape index (κ1) is 13.8. The molecule has 0 radical (unpaired) electrons. The molecular formula is C15H21N5O2. The van der Waals surface area contributed by atoms with Crippen LogP contribution in [0.25, 0.3) is 11.2 Å². The molecule has 2 aromatic heterocycles. The largest absolute Gasteiger partial charge is 0.388 e. The molecule has 7 nitrogen and oxygen atoms in total. The summed E-state index contributed by atoms with van der Waals surface area (Å²) in [7, 11) is 0. The van der Waals surface area contributed by atoms with E-state index in [1.54, 1.807) is 10.9 Å². The van der Waals surface area contributed by atoms with Gasteiger partial charge < -0.3 is 15.4 Å². The quantitative estimate of drug-likeness (QED) is 0.729. The van der Waals surface area contributed by atoms with Crippen molar-refractivity contribution < 1.29 is 5.11 Å². The van der Waals surface area contributed by atoms with E-state index in [0.29, 0.717) is 17.1 Å². The van der Waals surface area contributed by atoms with Crippen LogP contribution in [0.15, 0.2) is 11.1 Å². The fourth-order valence-electron chi connectivity index (χ4n) is 4.75. The second-order valence-corrected chi connectivity index (χ2v) is 7.56. The van der Waals surface area contributed by atoms with E-state index in [9.17, 15) is 9.90 Å². The van der Waals surface area contributed by atoms with E-state index in [1.807, 2.05) is 6.92 Å². The maximum absolute atomic E-state index is 12.2. The zero-order chi connectivity index (χ0) is 15.9. The van der Waals surface area contributed by atoms with Crippen molar-refractivity contribution in [2.24, 2.45) is 17.3 Å². The topological polar surface area (TPSA) is 110 Å². The Morgan fingerprint density at radius 2 is 2.14 bits per heavy atom. The summed E-state index contributed by atoms with van der Waals surface area (Å²) in [4.78, 5) is 23.0. The molecule has 3 aliphatic rings. The summed E-state index contributed by atoms with van der Waals surface area (Å²) in [6.45, 7) is 6.32. The number of nitrogens with two attached hydrogens (primary N) is 1. The van der Waals surface area contributed by atoms with Crippen LogP contribution in [-0.4, -0.2) is 30.2 Å². The van der Waals surface area contributed by atoms with Gasteiger partial charge >= 0.3 is 0 Å². The van der Waals surface area contributed by atoms with E-state index in [-0.39, 0.29) is 28.9 Å². The molecule has 4 N–H and O–H groups in total. The summed E-state index contributed by atoms with van der Waals surface area (Å²) >= 11 is 0. The van der Waals surface area contributed by atoms with Crippen LogP contribution in [0.1, 0.15) is 39.7 Å². The van der Waals surface area contributed by atoms with Gasteiger partial charge in [0, 0.05) is 0 Å². The van der Waals surface area contributed by atoms with Gasteiger partial charge in [-0.1, -0.05) is 13.8 Å². The Labute approximate surface area is 127 Å². The van der Waals surface area contributed by atoms with Crippen LogP contribution in [0.5, 0.6) is 0 Å². The number of aromatic amines is 1. The standard InChI is InChI=1S/C15H21N5O2/c1-14(2)7-4-8(14)15(3,22)9(5-7)20-6-17-11-10(20)12(21)19-13(16)18-11/h6-9,22H,4-5H2,1-3H3,(H3,16,18,19,21). The highest BCUT2D eigenvalue weighted by Crippen LogP contribution is 2.65. The van der Waals surface area contributed by atoms with E-state index in [2.05, 4.69) is 28.8 Å². The molecule has 0 aromatic carbocycles. The van der Waals surface area contributed by atoms with Gasteiger partial charge in [-0.15, -0.1) is 0 Å². The number of hydrogen-bond donors (Lipinski definition) is 3. The number of hydrogen-bond acceptors (Lipinski definition) is 5. The van der Waals surface area contributed by atoms with Gasteiger partial charge in [-0.05, 0) is 37.0 Å². The smallest absolute Gasteiger partial charge is 0.278 e. The van der Waals surface area contributed by atoms with Gasteiger partial charge in [0.15, 0.2) is 11.2 Å². The average Bonchev–Trinajstić information content (AvgIpc) is 2.80. The van der Waals surface area contributed by atoms with Gasteiger partial charge in [0.25, 0.3) is 5.56 Å². The van der Waals surface area contributed by atoms with Crippen LogP contribution in [-0.2, 0) is 0 Å². The Balaban J connectivity index is 1.86. The second kappa shape index (κ2) is 3.90.